The molecular weight excluding hydrogens is 370 g/mol. The van der Waals surface area contributed by atoms with Crippen LogP contribution in [0.25, 0.3) is 0 Å². The molecule has 0 aromatic rings. The Morgan fingerprint density at radius 3 is 1.72 bits per heavy atom. The van der Waals surface area contributed by atoms with Crippen LogP contribution in [0.1, 0.15) is 98.3 Å². The maximum Gasteiger partial charge on any atom is 0.302 e. The molecule has 6 heteroatoms. The van der Waals surface area contributed by atoms with E-state index in [1.807, 2.05) is 0 Å². The van der Waals surface area contributed by atoms with E-state index in [4.69, 9.17) is 9.47 Å². The summed E-state index contributed by atoms with van der Waals surface area (Å²) in [4.78, 5) is 34.1. The van der Waals surface area contributed by atoms with Crippen molar-refractivity contribution in [2.24, 2.45) is 0 Å². The minimum absolute atomic E-state index is 0.0169. The summed E-state index contributed by atoms with van der Waals surface area (Å²) in [6.07, 6.45) is 16.8. The number of allylic oxidation sites excluding steroid dienone is 2. The number of unbranched alkanes of at least 4 members (excludes halogenated alkanes) is 8. The summed E-state index contributed by atoms with van der Waals surface area (Å²) < 4.78 is 10.3. The summed E-state index contributed by atoms with van der Waals surface area (Å²) in [6.45, 7) is 6.23. The summed E-state index contributed by atoms with van der Waals surface area (Å²) in [7, 11) is 0. The van der Waals surface area contributed by atoms with Crippen LogP contribution >= 0.6 is 0 Å². The Balaban J connectivity index is 4.36. The molecule has 0 aliphatic heterocycles. The molecule has 29 heavy (non-hydrogen) atoms. The average Bonchev–Trinajstić information content (AvgIpc) is 2.65. The third-order valence-corrected chi connectivity index (χ3v) is 4.71. The molecule has 0 aliphatic carbocycles. The lowest BCUT2D eigenvalue weighted by atomic mass is 9.93. The summed E-state index contributed by atoms with van der Waals surface area (Å²) in [5, 5.41) is 2.83. The van der Waals surface area contributed by atoms with Crippen LogP contribution in [0.4, 0.5) is 0 Å². The van der Waals surface area contributed by atoms with Crippen molar-refractivity contribution in [1.82, 2.24) is 5.32 Å². The van der Waals surface area contributed by atoms with Crippen molar-refractivity contribution in [1.29, 1.82) is 0 Å². The number of hydrogen-bond acceptors (Lipinski definition) is 5. The molecule has 0 spiro atoms. The van der Waals surface area contributed by atoms with Gasteiger partial charge in [-0.15, -0.1) is 0 Å². The minimum atomic E-state index is -0.893. The standard InChI is InChI=1S/C23H41NO5/c1-5-6-7-8-9-10-11-12-13-14-15-16-17-23(24-20(2)25,18-28-21(3)26)19-29-22(4)27/h13-14H,5-12,15-19H2,1-4H3,(H,24,25)/b14-13+. The average molecular weight is 412 g/mol. The zero-order valence-corrected chi connectivity index (χ0v) is 18.9. The molecule has 0 unspecified atom stereocenters. The molecule has 1 amide bonds. The third kappa shape index (κ3) is 16.8. The first-order valence-corrected chi connectivity index (χ1v) is 11.0. The number of amides is 1. The van der Waals surface area contributed by atoms with Crippen LogP contribution in [0.3, 0.4) is 0 Å². The van der Waals surface area contributed by atoms with Gasteiger partial charge in [-0.3, -0.25) is 14.4 Å². The SMILES string of the molecule is CCCCCCCCC/C=C/CCCC(COC(C)=O)(COC(C)=O)NC(C)=O. The molecule has 0 aromatic carbocycles. The van der Waals surface area contributed by atoms with Crippen LogP contribution in [0.5, 0.6) is 0 Å². The lowest BCUT2D eigenvalue weighted by Crippen LogP contribution is -2.55. The van der Waals surface area contributed by atoms with Crippen molar-refractivity contribution < 1.29 is 23.9 Å². The van der Waals surface area contributed by atoms with Gasteiger partial charge in [0.1, 0.15) is 18.8 Å². The van der Waals surface area contributed by atoms with Crippen molar-refractivity contribution in [3.8, 4) is 0 Å². The van der Waals surface area contributed by atoms with Crippen LogP contribution in [0.2, 0.25) is 0 Å². The summed E-state index contributed by atoms with van der Waals surface area (Å²) >= 11 is 0. The Kier molecular flexibility index (Phi) is 16.0. The Morgan fingerprint density at radius 2 is 1.24 bits per heavy atom. The Labute approximate surface area is 176 Å². The second-order valence-electron chi connectivity index (χ2n) is 7.80. The summed E-state index contributed by atoms with van der Waals surface area (Å²) in [6, 6.07) is 0. The van der Waals surface area contributed by atoms with E-state index in [2.05, 4.69) is 24.4 Å². The zero-order chi connectivity index (χ0) is 22.0. The van der Waals surface area contributed by atoms with Gasteiger partial charge in [0.05, 0.1) is 0 Å². The topological polar surface area (TPSA) is 81.7 Å². The number of esters is 2. The maximum atomic E-state index is 11.7. The molecule has 0 bridgehead atoms. The van der Waals surface area contributed by atoms with Gasteiger partial charge in [-0.1, -0.05) is 57.6 Å². The van der Waals surface area contributed by atoms with Crippen LogP contribution < -0.4 is 5.32 Å². The van der Waals surface area contributed by atoms with E-state index in [0.29, 0.717) is 6.42 Å². The van der Waals surface area contributed by atoms with Crippen molar-refractivity contribution in [3.05, 3.63) is 12.2 Å². The Hall–Kier alpha value is -1.85. The molecule has 6 nitrogen and oxygen atoms in total. The number of carbonyl (C=O) groups excluding carboxylic acids is 3. The molecule has 0 radical (unpaired) electrons. The van der Waals surface area contributed by atoms with Crippen LogP contribution in [0.15, 0.2) is 12.2 Å². The first-order valence-electron chi connectivity index (χ1n) is 11.0. The van der Waals surface area contributed by atoms with Gasteiger partial charge in [0.15, 0.2) is 0 Å². The van der Waals surface area contributed by atoms with Gasteiger partial charge in [0, 0.05) is 20.8 Å². The molecule has 0 atom stereocenters. The molecule has 0 aliphatic rings. The van der Waals surface area contributed by atoms with Gasteiger partial charge < -0.3 is 14.8 Å². The van der Waals surface area contributed by atoms with Gasteiger partial charge in [0.25, 0.3) is 0 Å². The van der Waals surface area contributed by atoms with E-state index in [1.165, 1.54) is 65.7 Å². The Bertz CT molecular complexity index is 483. The van der Waals surface area contributed by atoms with Crippen molar-refractivity contribution in [2.75, 3.05) is 13.2 Å². The second kappa shape index (κ2) is 17.0. The van der Waals surface area contributed by atoms with Crippen molar-refractivity contribution in [2.45, 2.75) is 104 Å². The highest BCUT2D eigenvalue weighted by molar-refractivity contribution is 5.74. The van der Waals surface area contributed by atoms with Crippen molar-refractivity contribution >= 4 is 17.8 Å². The smallest absolute Gasteiger partial charge is 0.302 e. The van der Waals surface area contributed by atoms with E-state index in [-0.39, 0.29) is 19.1 Å². The van der Waals surface area contributed by atoms with Gasteiger partial charge >= 0.3 is 11.9 Å². The molecule has 0 heterocycles. The number of rotatable bonds is 17. The minimum Gasteiger partial charge on any atom is -0.463 e. The lowest BCUT2D eigenvalue weighted by molar-refractivity contribution is -0.150. The van der Waals surface area contributed by atoms with Gasteiger partial charge in [0.2, 0.25) is 5.91 Å². The first-order chi connectivity index (χ1) is 13.8. The number of nitrogens with one attached hydrogen (secondary N) is 1. The molecule has 1 N–H and O–H groups in total. The molecule has 0 saturated heterocycles. The van der Waals surface area contributed by atoms with Gasteiger partial charge in [-0.25, -0.2) is 0 Å². The lowest BCUT2D eigenvalue weighted by Gasteiger charge is -2.33. The normalized spacial score (nSPS) is 11.4. The predicted molar refractivity (Wildman–Crippen MR) is 115 cm³/mol. The quantitative estimate of drug-likeness (QED) is 0.210. The summed E-state index contributed by atoms with van der Waals surface area (Å²) in [5.41, 5.74) is -0.893. The van der Waals surface area contributed by atoms with E-state index in [9.17, 15) is 14.4 Å². The number of carbonyl (C=O) groups is 3. The van der Waals surface area contributed by atoms with Crippen LogP contribution in [-0.2, 0) is 23.9 Å². The molecule has 0 fully saturated rings. The second-order valence-corrected chi connectivity index (χ2v) is 7.80. The van der Waals surface area contributed by atoms with E-state index in [1.54, 1.807) is 0 Å². The monoisotopic (exact) mass is 411 g/mol. The summed E-state index contributed by atoms with van der Waals surface area (Å²) in [5.74, 6) is -1.12. The first kappa shape index (κ1) is 27.1. The van der Waals surface area contributed by atoms with E-state index < -0.39 is 17.5 Å². The van der Waals surface area contributed by atoms with Gasteiger partial charge in [-0.2, -0.15) is 0 Å². The maximum absolute atomic E-state index is 11.7. The molecule has 0 rings (SSSR count). The number of ether oxygens (including phenoxy) is 2. The van der Waals surface area contributed by atoms with E-state index in [0.717, 1.165) is 19.3 Å². The van der Waals surface area contributed by atoms with Crippen LogP contribution in [-0.4, -0.2) is 36.6 Å². The highest BCUT2D eigenvalue weighted by Crippen LogP contribution is 2.18. The largest absolute Gasteiger partial charge is 0.463 e. The van der Waals surface area contributed by atoms with Gasteiger partial charge in [-0.05, 0) is 32.1 Å². The number of hydrogen-bond donors (Lipinski definition) is 1. The van der Waals surface area contributed by atoms with Crippen molar-refractivity contribution in [3.63, 3.8) is 0 Å². The highest BCUT2D eigenvalue weighted by Gasteiger charge is 2.33. The zero-order valence-electron chi connectivity index (χ0n) is 18.9. The van der Waals surface area contributed by atoms with E-state index >= 15 is 0 Å². The van der Waals surface area contributed by atoms with Crippen LogP contribution in [0, 0.1) is 0 Å². The predicted octanol–water partition coefficient (Wildman–Crippen LogP) is 4.85. The fourth-order valence-corrected chi connectivity index (χ4v) is 3.19. The molecule has 168 valence electrons. The molecular formula is C23H41NO5. The highest BCUT2D eigenvalue weighted by atomic mass is 16.5. The Morgan fingerprint density at radius 1 is 0.759 bits per heavy atom. The fraction of sp³-hybridized carbons (Fsp3) is 0.783. The fourth-order valence-electron chi connectivity index (χ4n) is 3.19. The molecule has 0 saturated carbocycles. The molecule has 0 aromatic heterocycles. The third-order valence-electron chi connectivity index (χ3n) is 4.71.